The minimum absolute atomic E-state index is 0.259. The molecule has 0 aromatic carbocycles. The number of rotatable bonds is 2. The Bertz CT molecular complexity index is 576. The van der Waals surface area contributed by atoms with Gasteiger partial charge in [0.2, 0.25) is 0 Å². The standard InChI is InChI=1S/C6H5F3N4.C4H4O4/c7-6(8,9)5-12-11-4-2-1-3-10-13(4)5;5-3(6)1-2-4(7)8/h3H,1-2H2;1-2H,(H,5,6)(H,7,8)/b;2-1+. The molecule has 0 atom stereocenters. The number of hydrogen-bond donors (Lipinski definition) is 2. The van der Waals surface area contributed by atoms with Gasteiger partial charge < -0.3 is 10.2 Å². The van der Waals surface area contributed by atoms with E-state index in [1.54, 1.807) is 0 Å². The van der Waals surface area contributed by atoms with Crippen LogP contribution in [0.2, 0.25) is 0 Å². The molecule has 0 amide bonds. The third-order valence-electron chi connectivity index (χ3n) is 2.02. The number of alkyl halides is 3. The molecule has 0 unspecified atom stereocenters. The van der Waals surface area contributed by atoms with Gasteiger partial charge in [0.15, 0.2) is 5.82 Å². The van der Waals surface area contributed by atoms with Crippen LogP contribution in [0, 0.1) is 0 Å². The zero-order valence-corrected chi connectivity index (χ0v) is 10.3. The van der Waals surface area contributed by atoms with E-state index in [2.05, 4.69) is 15.3 Å². The van der Waals surface area contributed by atoms with Crippen LogP contribution in [0.25, 0.3) is 0 Å². The number of carboxylic acids is 2. The van der Waals surface area contributed by atoms with E-state index < -0.39 is 23.9 Å². The molecule has 2 N–H and O–H groups in total. The molecule has 0 saturated carbocycles. The Morgan fingerprint density at radius 3 is 2.24 bits per heavy atom. The predicted molar refractivity (Wildman–Crippen MR) is 61.6 cm³/mol. The number of nitrogens with zero attached hydrogens (tertiary/aromatic N) is 4. The monoisotopic (exact) mass is 306 g/mol. The van der Waals surface area contributed by atoms with Gasteiger partial charge in [-0.25, -0.2) is 9.59 Å². The maximum Gasteiger partial charge on any atom is 0.453 e. The van der Waals surface area contributed by atoms with Crippen LogP contribution in [-0.4, -0.2) is 43.2 Å². The van der Waals surface area contributed by atoms with Crippen molar-refractivity contribution >= 4 is 18.2 Å². The van der Waals surface area contributed by atoms with E-state index in [-0.39, 0.29) is 5.82 Å². The SMILES string of the molecule is FC(F)(F)c1nnc2n1N=CCC2.O=C(O)/C=C/C(=O)O. The van der Waals surface area contributed by atoms with Crippen molar-refractivity contribution in [1.29, 1.82) is 0 Å². The van der Waals surface area contributed by atoms with Crippen molar-refractivity contribution in [3.63, 3.8) is 0 Å². The second-order valence-electron chi connectivity index (χ2n) is 3.60. The molecule has 2 heterocycles. The first-order chi connectivity index (χ1) is 9.71. The summed E-state index contributed by atoms with van der Waals surface area (Å²) in [5.41, 5.74) is 0. The van der Waals surface area contributed by atoms with E-state index in [0.717, 1.165) is 4.68 Å². The molecule has 1 aromatic rings. The van der Waals surface area contributed by atoms with Gasteiger partial charge in [0.1, 0.15) is 0 Å². The summed E-state index contributed by atoms with van der Waals surface area (Å²) in [6.07, 6.45) is -0.890. The van der Waals surface area contributed by atoms with Crippen molar-refractivity contribution in [3.8, 4) is 0 Å². The third kappa shape index (κ3) is 5.04. The fourth-order valence-corrected chi connectivity index (χ4v) is 1.24. The smallest absolute Gasteiger partial charge is 0.453 e. The number of aliphatic carboxylic acids is 2. The summed E-state index contributed by atoms with van der Waals surface area (Å²) in [6.45, 7) is 0. The molecule has 0 radical (unpaired) electrons. The van der Waals surface area contributed by atoms with Gasteiger partial charge in [0, 0.05) is 24.8 Å². The van der Waals surface area contributed by atoms with E-state index in [1.807, 2.05) is 0 Å². The molecule has 0 saturated heterocycles. The van der Waals surface area contributed by atoms with Crippen LogP contribution < -0.4 is 0 Å². The summed E-state index contributed by atoms with van der Waals surface area (Å²) in [4.78, 5) is 19.1. The molecule has 114 valence electrons. The van der Waals surface area contributed by atoms with Gasteiger partial charge in [0.25, 0.3) is 5.82 Å². The highest BCUT2D eigenvalue weighted by Crippen LogP contribution is 2.28. The molecule has 11 heteroatoms. The van der Waals surface area contributed by atoms with Crippen LogP contribution in [0.3, 0.4) is 0 Å². The largest absolute Gasteiger partial charge is 0.478 e. The van der Waals surface area contributed by atoms with Gasteiger partial charge in [0.05, 0.1) is 0 Å². The highest BCUT2D eigenvalue weighted by atomic mass is 19.4. The van der Waals surface area contributed by atoms with Gasteiger partial charge in [-0.3, -0.25) is 0 Å². The zero-order chi connectivity index (χ0) is 16.0. The van der Waals surface area contributed by atoms with E-state index in [0.29, 0.717) is 25.0 Å². The van der Waals surface area contributed by atoms with Crippen LogP contribution in [0.4, 0.5) is 13.2 Å². The lowest BCUT2D eigenvalue weighted by atomic mass is 10.3. The second-order valence-corrected chi connectivity index (χ2v) is 3.60. The zero-order valence-electron chi connectivity index (χ0n) is 10.3. The summed E-state index contributed by atoms with van der Waals surface area (Å²) in [7, 11) is 0. The van der Waals surface area contributed by atoms with Crippen LogP contribution in [0.15, 0.2) is 17.3 Å². The Balaban J connectivity index is 0.000000240. The van der Waals surface area contributed by atoms with Crippen LogP contribution in [0.5, 0.6) is 0 Å². The predicted octanol–water partition coefficient (Wildman–Crippen LogP) is 0.789. The van der Waals surface area contributed by atoms with Crippen molar-refractivity contribution in [1.82, 2.24) is 14.9 Å². The highest BCUT2D eigenvalue weighted by Gasteiger charge is 2.39. The van der Waals surface area contributed by atoms with Gasteiger partial charge in [-0.1, -0.05) is 0 Å². The van der Waals surface area contributed by atoms with Gasteiger partial charge in [-0.05, 0) is 6.42 Å². The number of fused-ring (bicyclic) bond motifs is 1. The summed E-state index contributed by atoms with van der Waals surface area (Å²) in [5.74, 6) is -3.31. The first kappa shape index (κ1) is 16.3. The Morgan fingerprint density at radius 1 is 1.19 bits per heavy atom. The van der Waals surface area contributed by atoms with Crippen molar-refractivity contribution in [2.24, 2.45) is 5.10 Å². The summed E-state index contributed by atoms with van der Waals surface area (Å²) < 4.78 is 37.4. The third-order valence-corrected chi connectivity index (χ3v) is 2.02. The molecule has 1 aliphatic rings. The maximum atomic E-state index is 12.2. The van der Waals surface area contributed by atoms with E-state index in [1.165, 1.54) is 6.21 Å². The molecule has 8 nitrogen and oxygen atoms in total. The number of carbonyl (C=O) groups is 2. The Kier molecular flexibility index (Phi) is 5.16. The number of aromatic nitrogens is 3. The number of aryl methyl sites for hydroxylation is 1. The molecule has 2 rings (SSSR count). The molecule has 1 aromatic heterocycles. The lowest BCUT2D eigenvalue weighted by Gasteiger charge is -2.08. The Labute approximate surface area is 115 Å². The van der Waals surface area contributed by atoms with Crippen LogP contribution in [-0.2, 0) is 22.2 Å². The molecule has 0 spiro atoms. The number of hydrogen-bond acceptors (Lipinski definition) is 5. The quantitative estimate of drug-likeness (QED) is 0.780. The summed E-state index contributed by atoms with van der Waals surface area (Å²) >= 11 is 0. The van der Waals surface area contributed by atoms with Gasteiger partial charge >= 0.3 is 18.1 Å². The average molecular weight is 306 g/mol. The van der Waals surface area contributed by atoms with Gasteiger partial charge in [-0.15, -0.1) is 10.2 Å². The Hall–Kier alpha value is -2.72. The topological polar surface area (TPSA) is 118 Å². The highest BCUT2D eigenvalue weighted by molar-refractivity contribution is 5.89. The minimum Gasteiger partial charge on any atom is -0.478 e. The van der Waals surface area contributed by atoms with Gasteiger partial charge in [-0.2, -0.15) is 22.9 Å². The fourth-order valence-electron chi connectivity index (χ4n) is 1.24. The lowest BCUT2D eigenvalue weighted by Crippen LogP contribution is -2.15. The van der Waals surface area contributed by atoms with Crippen LogP contribution >= 0.6 is 0 Å². The molecular weight excluding hydrogens is 297 g/mol. The average Bonchev–Trinajstić information content (AvgIpc) is 2.80. The molecule has 1 aliphatic heterocycles. The van der Waals surface area contributed by atoms with Crippen LogP contribution in [0.1, 0.15) is 18.1 Å². The molecule has 0 aliphatic carbocycles. The van der Waals surface area contributed by atoms with E-state index >= 15 is 0 Å². The van der Waals surface area contributed by atoms with E-state index in [4.69, 9.17) is 10.2 Å². The normalized spacial score (nSPS) is 13.5. The molecular formula is C10H9F3N4O4. The van der Waals surface area contributed by atoms with Crippen molar-refractivity contribution in [2.45, 2.75) is 19.0 Å². The van der Waals surface area contributed by atoms with E-state index in [9.17, 15) is 22.8 Å². The maximum absolute atomic E-state index is 12.2. The number of carboxylic acid groups (broad SMARTS) is 2. The van der Waals surface area contributed by atoms with Crippen molar-refractivity contribution < 1.29 is 33.0 Å². The Morgan fingerprint density at radius 2 is 1.76 bits per heavy atom. The summed E-state index contributed by atoms with van der Waals surface area (Å²) in [6, 6.07) is 0. The first-order valence-electron chi connectivity index (χ1n) is 5.40. The molecule has 21 heavy (non-hydrogen) atoms. The molecule has 0 bridgehead atoms. The fraction of sp³-hybridized carbons (Fsp3) is 0.300. The lowest BCUT2D eigenvalue weighted by molar-refractivity contribution is -0.147. The minimum atomic E-state index is -4.49. The van der Waals surface area contributed by atoms with Crippen molar-refractivity contribution in [2.75, 3.05) is 0 Å². The first-order valence-corrected chi connectivity index (χ1v) is 5.40. The van der Waals surface area contributed by atoms with Crippen molar-refractivity contribution in [3.05, 3.63) is 23.8 Å². The number of halogens is 3. The molecule has 0 fully saturated rings. The summed E-state index contributed by atoms with van der Waals surface area (Å²) in [5, 5.41) is 25.6. The second kappa shape index (κ2) is 6.63.